The number of hydrogen-bond donors (Lipinski definition) is 0. The highest BCUT2D eigenvalue weighted by Crippen LogP contribution is 2.39. The summed E-state index contributed by atoms with van der Waals surface area (Å²) in [6.45, 7) is 4.38. The van der Waals surface area contributed by atoms with Crippen LogP contribution in [-0.2, 0) is 7.05 Å². The van der Waals surface area contributed by atoms with E-state index in [1.54, 1.807) is 0 Å². The molecule has 2 aliphatic heterocycles. The summed E-state index contributed by atoms with van der Waals surface area (Å²) in [7, 11) is 2.11. The highest BCUT2D eigenvalue weighted by atomic mass is 16.5. The Kier molecular flexibility index (Phi) is 3.67. The van der Waals surface area contributed by atoms with Crippen molar-refractivity contribution < 1.29 is 14.0 Å². The second kappa shape index (κ2) is 6.52. The van der Waals surface area contributed by atoms with E-state index in [1.165, 1.54) is 16.5 Å². The summed E-state index contributed by atoms with van der Waals surface area (Å²) in [4.78, 5) is 0. The second-order valence-electron chi connectivity index (χ2n) is 8.93. The van der Waals surface area contributed by atoms with Crippen LogP contribution in [0.2, 0.25) is 0 Å². The third-order valence-electron chi connectivity index (χ3n) is 7.17. The Balaban J connectivity index is 1.64. The lowest BCUT2D eigenvalue weighted by molar-refractivity contribution is -0.576. The molecule has 0 radical (unpaired) electrons. The predicted molar refractivity (Wildman–Crippen MR) is 132 cm³/mol. The Morgan fingerprint density at radius 2 is 1.39 bits per heavy atom. The van der Waals surface area contributed by atoms with Gasteiger partial charge in [0.1, 0.15) is 22.9 Å². The van der Waals surface area contributed by atoms with Gasteiger partial charge in [-0.15, -0.1) is 0 Å². The summed E-state index contributed by atoms with van der Waals surface area (Å²) >= 11 is 0. The Hall–Kier alpha value is -3.99. The summed E-state index contributed by atoms with van der Waals surface area (Å²) < 4.78 is 17.7. The van der Waals surface area contributed by atoms with Crippen molar-refractivity contribution in [1.29, 1.82) is 0 Å². The molecule has 5 aromatic rings. The molecule has 0 spiro atoms. The first-order valence-electron chi connectivity index (χ1n) is 11.3. The fourth-order valence-electron chi connectivity index (χ4n) is 5.49. The van der Waals surface area contributed by atoms with E-state index in [-0.39, 0.29) is 6.71 Å². The second-order valence-corrected chi connectivity index (χ2v) is 8.93. The highest BCUT2D eigenvalue weighted by molar-refractivity contribution is 6.98. The number of nitrogens with zero attached hydrogens (tertiary/aromatic N) is 2. The van der Waals surface area contributed by atoms with Crippen LogP contribution < -0.4 is 30.4 Å². The number of fused-ring (bicyclic) bond motifs is 6. The average molecular weight is 429 g/mol. The van der Waals surface area contributed by atoms with Gasteiger partial charge < -0.3 is 9.47 Å². The van der Waals surface area contributed by atoms with Crippen LogP contribution in [0.4, 0.5) is 0 Å². The minimum Gasteiger partial charge on any atom is -0.458 e. The Labute approximate surface area is 192 Å². The van der Waals surface area contributed by atoms with E-state index < -0.39 is 0 Å². The van der Waals surface area contributed by atoms with Crippen LogP contribution in [0.5, 0.6) is 23.0 Å². The molecule has 0 N–H and O–H groups in total. The summed E-state index contributed by atoms with van der Waals surface area (Å²) in [5.41, 5.74) is 8.00. The predicted octanol–water partition coefficient (Wildman–Crippen LogP) is 3.80. The molecule has 33 heavy (non-hydrogen) atoms. The number of aromatic nitrogens is 2. The van der Waals surface area contributed by atoms with Crippen LogP contribution in [0.25, 0.3) is 16.7 Å². The van der Waals surface area contributed by atoms with Crippen LogP contribution in [-0.4, -0.2) is 11.3 Å². The van der Waals surface area contributed by atoms with Crippen molar-refractivity contribution >= 4 is 34.1 Å². The first-order chi connectivity index (χ1) is 16.1. The molecule has 4 nitrogen and oxygen atoms in total. The Morgan fingerprint density at radius 1 is 0.758 bits per heavy atom. The number of ether oxygens (including phenoxy) is 2. The van der Waals surface area contributed by atoms with E-state index in [9.17, 15) is 0 Å². The standard InChI is InChI=1S/C28H22BN2O2/c1-17-10-4-7-13-21(17)31-18(2)30(3)22-16-25-26-28(27(22)31)33-24-15-9-6-12-20(24)29(26)19-11-5-8-14-23(19)32-25/h4-16H,1-3H3/q+1. The van der Waals surface area contributed by atoms with Crippen LogP contribution >= 0.6 is 0 Å². The van der Waals surface area contributed by atoms with Gasteiger partial charge in [-0.25, -0.2) is 4.57 Å². The van der Waals surface area contributed by atoms with E-state index >= 15 is 0 Å². The van der Waals surface area contributed by atoms with Gasteiger partial charge in [0.2, 0.25) is 5.52 Å². The van der Waals surface area contributed by atoms with E-state index in [4.69, 9.17) is 9.47 Å². The molecule has 0 fully saturated rings. The lowest BCUT2D eigenvalue weighted by atomic mass is 9.35. The van der Waals surface area contributed by atoms with Gasteiger partial charge in [-0.3, -0.25) is 0 Å². The molecule has 1 aromatic heterocycles. The van der Waals surface area contributed by atoms with Gasteiger partial charge >= 0.3 is 0 Å². The van der Waals surface area contributed by atoms with Crippen molar-refractivity contribution in [2.24, 2.45) is 7.05 Å². The average Bonchev–Trinajstić information content (AvgIpc) is 3.09. The minimum atomic E-state index is 0.0696. The monoisotopic (exact) mass is 429 g/mol. The van der Waals surface area contributed by atoms with Crippen molar-refractivity contribution in [2.45, 2.75) is 13.8 Å². The van der Waals surface area contributed by atoms with Gasteiger partial charge in [0.05, 0.1) is 7.05 Å². The van der Waals surface area contributed by atoms with Crippen LogP contribution in [0.3, 0.4) is 0 Å². The number of hydrogen-bond acceptors (Lipinski definition) is 2. The number of imidazole rings is 1. The molecule has 3 heterocycles. The summed E-state index contributed by atoms with van der Waals surface area (Å²) in [5.74, 6) is 4.70. The molecule has 0 aliphatic carbocycles. The van der Waals surface area contributed by atoms with Gasteiger partial charge in [0.15, 0.2) is 11.3 Å². The van der Waals surface area contributed by atoms with Crippen LogP contribution in [0.15, 0.2) is 78.9 Å². The van der Waals surface area contributed by atoms with Crippen molar-refractivity contribution in [3.63, 3.8) is 0 Å². The van der Waals surface area contributed by atoms with Crippen molar-refractivity contribution in [3.8, 4) is 28.7 Å². The topological polar surface area (TPSA) is 27.3 Å². The van der Waals surface area contributed by atoms with Crippen molar-refractivity contribution in [1.82, 2.24) is 4.57 Å². The zero-order valence-corrected chi connectivity index (χ0v) is 18.8. The van der Waals surface area contributed by atoms with Gasteiger partial charge in [-0.05, 0) is 41.6 Å². The van der Waals surface area contributed by atoms with E-state index in [0.29, 0.717) is 0 Å². The maximum absolute atomic E-state index is 6.71. The lowest BCUT2D eigenvalue weighted by Gasteiger charge is -2.32. The largest absolute Gasteiger partial charge is 0.458 e. The van der Waals surface area contributed by atoms with Gasteiger partial charge in [0.25, 0.3) is 12.5 Å². The molecule has 5 heteroatoms. The number of aryl methyl sites for hydroxylation is 2. The molecule has 0 atom stereocenters. The molecule has 0 saturated carbocycles. The number of para-hydroxylation sites is 3. The molecule has 0 bridgehead atoms. The van der Waals surface area contributed by atoms with Gasteiger partial charge in [0, 0.05) is 18.5 Å². The van der Waals surface area contributed by atoms with E-state index in [2.05, 4.69) is 96.8 Å². The molecule has 0 amide bonds. The minimum absolute atomic E-state index is 0.0696. The Morgan fingerprint density at radius 3 is 2.12 bits per heavy atom. The first kappa shape index (κ1) is 18.6. The Bertz CT molecular complexity index is 1610. The summed E-state index contributed by atoms with van der Waals surface area (Å²) in [6, 6.07) is 27.4. The molecule has 7 rings (SSSR count). The molecule has 4 aromatic carbocycles. The zero-order chi connectivity index (χ0) is 22.3. The highest BCUT2D eigenvalue weighted by Gasteiger charge is 2.43. The molecule has 0 saturated heterocycles. The van der Waals surface area contributed by atoms with E-state index in [0.717, 1.165) is 51.0 Å². The van der Waals surface area contributed by atoms with Crippen LogP contribution in [0.1, 0.15) is 11.4 Å². The van der Waals surface area contributed by atoms with Crippen molar-refractivity contribution in [2.75, 3.05) is 0 Å². The number of benzene rings is 4. The fraction of sp³-hybridized carbons (Fsp3) is 0.107. The molecule has 2 aliphatic rings. The van der Waals surface area contributed by atoms with Crippen molar-refractivity contribution in [3.05, 3.63) is 90.3 Å². The quantitative estimate of drug-likeness (QED) is 0.293. The fourth-order valence-corrected chi connectivity index (χ4v) is 5.49. The van der Waals surface area contributed by atoms with E-state index in [1.807, 2.05) is 12.1 Å². The zero-order valence-electron chi connectivity index (χ0n) is 18.8. The maximum atomic E-state index is 6.71. The number of rotatable bonds is 1. The molecular formula is C28H22BN2O2+. The third-order valence-corrected chi connectivity index (χ3v) is 7.17. The molecule has 0 unspecified atom stereocenters. The lowest BCUT2D eigenvalue weighted by Crippen LogP contribution is -2.57. The summed E-state index contributed by atoms with van der Waals surface area (Å²) in [5, 5.41) is 0. The molecule has 158 valence electrons. The van der Waals surface area contributed by atoms with Gasteiger partial charge in [-0.1, -0.05) is 54.6 Å². The smallest absolute Gasteiger partial charge is 0.260 e. The van der Waals surface area contributed by atoms with Gasteiger partial charge in [-0.2, -0.15) is 4.57 Å². The normalized spacial score (nSPS) is 13.1. The molecular weight excluding hydrogens is 407 g/mol. The summed E-state index contributed by atoms with van der Waals surface area (Å²) in [6.07, 6.45) is 0. The maximum Gasteiger partial charge on any atom is 0.260 e. The first-order valence-corrected chi connectivity index (χ1v) is 11.3. The SMILES string of the molecule is Cc1ccccc1-[n+]1c(C)n(C)c2cc3c4c(c21)Oc1ccccc1B4c1ccccc1O3. The third kappa shape index (κ3) is 2.39. The van der Waals surface area contributed by atoms with Crippen LogP contribution in [0, 0.1) is 13.8 Å².